The van der Waals surface area contributed by atoms with Gasteiger partial charge in [-0.1, -0.05) is 77.6 Å². The zero-order chi connectivity index (χ0) is 23.7. The van der Waals surface area contributed by atoms with Crippen LogP contribution in [0.4, 0.5) is 5.69 Å². The van der Waals surface area contributed by atoms with Crippen molar-refractivity contribution >= 4 is 27.6 Å². The van der Waals surface area contributed by atoms with Crippen molar-refractivity contribution in [2.75, 3.05) is 11.5 Å². The molecule has 0 radical (unpaired) electrons. The summed E-state index contributed by atoms with van der Waals surface area (Å²) in [5.41, 5.74) is 9.61. The number of aryl methyl sites for hydroxylation is 1. The van der Waals surface area contributed by atoms with Crippen LogP contribution in [0.15, 0.2) is 52.3 Å². The lowest BCUT2D eigenvalue weighted by molar-refractivity contribution is 0.483. The zero-order valence-corrected chi connectivity index (χ0v) is 21.4. The molecule has 0 aliphatic heterocycles. The van der Waals surface area contributed by atoms with Gasteiger partial charge in [-0.25, -0.2) is 0 Å². The quantitative estimate of drug-likeness (QED) is 0.246. The normalized spacial score (nSPS) is 12.7. The van der Waals surface area contributed by atoms with Gasteiger partial charge in [-0.3, -0.25) is 4.55 Å². The van der Waals surface area contributed by atoms with Crippen molar-refractivity contribution in [1.29, 1.82) is 0 Å². The van der Waals surface area contributed by atoms with E-state index >= 15 is 0 Å². The van der Waals surface area contributed by atoms with Gasteiger partial charge >= 0.3 is 0 Å². The van der Waals surface area contributed by atoms with Crippen LogP contribution in [0.3, 0.4) is 0 Å². The van der Waals surface area contributed by atoms with Gasteiger partial charge < -0.3 is 5.73 Å². The molecule has 0 aliphatic rings. The lowest BCUT2D eigenvalue weighted by atomic mass is 9.87. The third kappa shape index (κ3) is 10.1. The van der Waals surface area contributed by atoms with Gasteiger partial charge in [-0.15, -0.1) is 11.8 Å². The molecule has 0 saturated carbocycles. The summed E-state index contributed by atoms with van der Waals surface area (Å²) in [7, 11) is -4.02. The topological polar surface area (TPSA) is 80.4 Å². The van der Waals surface area contributed by atoms with Gasteiger partial charge in [0.05, 0.1) is 4.90 Å². The first-order chi connectivity index (χ1) is 14.4. The Hall–Kier alpha value is -1.50. The summed E-state index contributed by atoms with van der Waals surface area (Å²) in [6.07, 6.45) is 5.26. The highest BCUT2D eigenvalue weighted by molar-refractivity contribution is 7.99. The average Bonchev–Trinajstić information content (AvgIpc) is 2.68. The average molecular weight is 466 g/mol. The first kappa shape index (κ1) is 27.5. The fourth-order valence-corrected chi connectivity index (χ4v) is 4.65. The number of nitrogens with two attached hydrogens (primary N) is 1. The molecule has 0 fully saturated rings. The molecule has 1 unspecified atom stereocenters. The van der Waals surface area contributed by atoms with E-state index in [4.69, 9.17) is 10.3 Å². The summed E-state index contributed by atoms with van der Waals surface area (Å²) in [6, 6.07) is 12.6. The molecule has 0 saturated heterocycles. The maximum absolute atomic E-state index is 10.5. The third-order valence-electron chi connectivity index (χ3n) is 5.21. The Kier molecular flexibility index (Phi) is 11.1. The number of anilines is 1. The first-order valence-corrected chi connectivity index (χ1v) is 13.4. The molecule has 0 heterocycles. The number of unbranched alkanes of at least 4 members (excludes halogenated alkanes) is 1. The molecule has 0 aromatic heterocycles. The lowest BCUT2D eigenvalue weighted by Crippen LogP contribution is -2.11. The molecule has 31 heavy (non-hydrogen) atoms. The van der Waals surface area contributed by atoms with Crippen LogP contribution in [0.1, 0.15) is 71.4 Å². The van der Waals surface area contributed by atoms with E-state index in [1.54, 1.807) is 12.1 Å². The number of thioether (sulfide) groups is 1. The highest BCUT2D eigenvalue weighted by Crippen LogP contribution is 2.32. The number of nitrogen functional groups attached to an aromatic ring is 1. The molecular weight excluding hydrogens is 426 g/mol. The van der Waals surface area contributed by atoms with Gasteiger partial charge in [0.1, 0.15) is 0 Å². The van der Waals surface area contributed by atoms with E-state index in [2.05, 4.69) is 52.8 Å². The van der Waals surface area contributed by atoms with Gasteiger partial charge in [0.15, 0.2) is 0 Å². The molecular formula is C25H39NO3S2. The Labute approximate surface area is 193 Å². The van der Waals surface area contributed by atoms with Crippen LogP contribution >= 0.6 is 11.8 Å². The highest BCUT2D eigenvalue weighted by Gasteiger charge is 2.15. The highest BCUT2D eigenvalue weighted by atomic mass is 32.2. The van der Waals surface area contributed by atoms with Gasteiger partial charge in [0.25, 0.3) is 10.1 Å². The van der Waals surface area contributed by atoms with Crippen molar-refractivity contribution in [2.24, 2.45) is 5.92 Å². The molecule has 0 spiro atoms. The van der Waals surface area contributed by atoms with Gasteiger partial charge in [0, 0.05) is 16.3 Å². The molecule has 2 aromatic rings. The van der Waals surface area contributed by atoms with Crippen molar-refractivity contribution in [3.05, 3.63) is 53.6 Å². The van der Waals surface area contributed by atoms with Crippen molar-refractivity contribution in [3.8, 4) is 0 Å². The Balaban J connectivity index is 0.000000367. The van der Waals surface area contributed by atoms with Crippen molar-refractivity contribution < 1.29 is 13.0 Å². The maximum atomic E-state index is 10.5. The molecule has 3 N–H and O–H groups in total. The van der Waals surface area contributed by atoms with Gasteiger partial charge in [0.2, 0.25) is 0 Å². The molecule has 1 atom stereocenters. The molecule has 4 nitrogen and oxygen atoms in total. The van der Waals surface area contributed by atoms with E-state index in [1.165, 1.54) is 54.0 Å². The monoisotopic (exact) mass is 465 g/mol. The number of hydrogen-bond donors (Lipinski definition) is 2. The van der Waals surface area contributed by atoms with Gasteiger partial charge in [-0.2, -0.15) is 8.42 Å². The van der Waals surface area contributed by atoms with E-state index in [1.807, 2.05) is 18.7 Å². The Morgan fingerprint density at radius 3 is 2.13 bits per heavy atom. The van der Waals surface area contributed by atoms with Crippen LogP contribution < -0.4 is 5.73 Å². The SMILES string of the molecule is CCCCC(CC)CSc1ccc(C(C)(C)C)cc1N.Cc1ccc(S(=O)(=O)O)cc1. The standard InChI is InChI=1S/C18H31NS.C7H8O3S/c1-6-8-9-14(7-2)13-20-17-11-10-15(12-16(17)19)18(3,4)5;1-6-2-4-7(5-3-6)11(8,9)10/h10-12,14H,6-9,13,19H2,1-5H3;2-5H,1H3,(H,8,9,10). The Morgan fingerprint density at radius 2 is 1.68 bits per heavy atom. The van der Waals surface area contributed by atoms with Crippen LogP contribution in [0.5, 0.6) is 0 Å². The number of rotatable bonds is 8. The molecule has 2 aromatic carbocycles. The predicted molar refractivity (Wildman–Crippen MR) is 135 cm³/mol. The van der Waals surface area contributed by atoms with E-state index < -0.39 is 10.1 Å². The van der Waals surface area contributed by atoms with E-state index in [0.29, 0.717) is 0 Å². The van der Waals surface area contributed by atoms with Crippen molar-refractivity contribution in [2.45, 2.75) is 82.4 Å². The van der Waals surface area contributed by atoms with E-state index in [9.17, 15) is 8.42 Å². The van der Waals surface area contributed by atoms with Crippen LogP contribution in [0, 0.1) is 12.8 Å². The Morgan fingerprint density at radius 1 is 1.06 bits per heavy atom. The first-order valence-electron chi connectivity index (χ1n) is 10.9. The second kappa shape index (κ2) is 12.5. The minimum Gasteiger partial charge on any atom is -0.398 e. The van der Waals surface area contributed by atoms with Gasteiger partial charge in [-0.05, 0) is 54.5 Å². The predicted octanol–water partition coefficient (Wildman–Crippen LogP) is 7.12. The second-order valence-corrected chi connectivity index (χ2v) is 11.5. The molecule has 0 bridgehead atoms. The summed E-state index contributed by atoms with van der Waals surface area (Å²) >= 11 is 1.92. The summed E-state index contributed by atoms with van der Waals surface area (Å²) in [4.78, 5) is 1.18. The maximum Gasteiger partial charge on any atom is 0.294 e. The Bertz CT molecular complexity index is 901. The summed E-state index contributed by atoms with van der Waals surface area (Å²) in [5.74, 6) is 2.01. The van der Waals surface area contributed by atoms with E-state index in [0.717, 1.165) is 17.2 Å². The van der Waals surface area contributed by atoms with Crippen LogP contribution in [-0.2, 0) is 15.5 Å². The third-order valence-corrected chi connectivity index (χ3v) is 7.40. The van der Waals surface area contributed by atoms with E-state index in [-0.39, 0.29) is 10.3 Å². The van der Waals surface area contributed by atoms with Crippen molar-refractivity contribution in [1.82, 2.24) is 0 Å². The number of benzene rings is 2. The minimum atomic E-state index is -4.02. The minimum absolute atomic E-state index is 0.0666. The van der Waals surface area contributed by atoms with Crippen LogP contribution in [-0.4, -0.2) is 18.7 Å². The van der Waals surface area contributed by atoms with Crippen LogP contribution in [0.25, 0.3) is 0 Å². The smallest absolute Gasteiger partial charge is 0.294 e. The molecule has 174 valence electrons. The lowest BCUT2D eigenvalue weighted by Gasteiger charge is -2.21. The molecule has 6 heteroatoms. The summed E-state index contributed by atoms with van der Waals surface area (Å²) in [5, 5.41) is 0. The zero-order valence-electron chi connectivity index (χ0n) is 19.8. The molecule has 0 aliphatic carbocycles. The summed E-state index contributed by atoms with van der Waals surface area (Å²) in [6.45, 7) is 13.1. The number of hydrogen-bond acceptors (Lipinski definition) is 4. The molecule has 0 amide bonds. The van der Waals surface area contributed by atoms with Crippen LogP contribution in [0.2, 0.25) is 0 Å². The summed E-state index contributed by atoms with van der Waals surface area (Å²) < 4.78 is 29.6. The molecule has 2 rings (SSSR count). The largest absolute Gasteiger partial charge is 0.398 e. The van der Waals surface area contributed by atoms with Crippen molar-refractivity contribution in [3.63, 3.8) is 0 Å². The second-order valence-electron chi connectivity index (χ2n) is 9.02. The fourth-order valence-electron chi connectivity index (χ4n) is 2.96. The fraction of sp³-hybridized carbons (Fsp3) is 0.520.